The van der Waals surface area contributed by atoms with Crippen molar-refractivity contribution in [3.05, 3.63) is 143 Å². The van der Waals surface area contributed by atoms with Crippen LogP contribution in [0.2, 0.25) is 0 Å². The highest BCUT2D eigenvalue weighted by atomic mass is 79.9. The molecule has 50 heavy (non-hydrogen) atoms. The molecular formula is C43H51BrN4S2. The summed E-state index contributed by atoms with van der Waals surface area (Å²) in [6.07, 6.45) is 0. The highest BCUT2D eigenvalue weighted by Crippen LogP contribution is 2.38. The molecule has 0 aromatic heterocycles. The fourth-order valence-electron chi connectivity index (χ4n) is 6.57. The van der Waals surface area contributed by atoms with Crippen LogP contribution in [0.4, 0.5) is 11.4 Å². The zero-order valence-corrected chi connectivity index (χ0v) is 33.2. The second-order valence-electron chi connectivity index (χ2n) is 13.2. The van der Waals surface area contributed by atoms with Gasteiger partial charge in [0.2, 0.25) is 0 Å². The van der Waals surface area contributed by atoms with Gasteiger partial charge in [-0.2, -0.15) is 0 Å². The van der Waals surface area contributed by atoms with Gasteiger partial charge in [-0.25, -0.2) is 0 Å². The molecule has 0 aliphatic carbocycles. The first kappa shape index (κ1) is 38.0. The lowest BCUT2D eigenvalue weighted by Crippen LogP contribution is -2.46. The van der Waals surface area contributed by atoms with Gasteiger partial charge in [-0.15, -0.1) is 17.0 Å². The second kappa shape index (κ2) is 18.9. The molecule has 2 fully saturated rings. The van der Waals surface area contributed by atoms with Crippen molar-refractivity contribution in [1.29, 1.82) is 0 Å². The first-order valence-electron chi connectivity index (χ1n) is 17.6. The molecule has 5 aromatic carbocycles. The first-order valence-corrected chi connectivity index (χ1v) is 19.2. The van der Waals surface area contributed by atoms with Crippen molar-refractivity contribution in [2.24, 2.45) is 0 Å². The molecule has 2 aliphatic heterocycles. The standard InChI is InChI=1S/C25H28N2S.C18H22N2S.BrH/c1-20-12-13-24(21(2)18-20)28-25-11-7-6-10-23(25)27-16-14-26(15-17-27)19-22-8-4-3-5-9-22;1-14-7-8-17(15(2)13-14)21-18-6-4-3-5-16(18)20-11-9-19-10-12-20;/h3-13,18H,14-17,19H2,1-2H3;3-8,13,19H,9-12H2,1-2H3;1H. The molecule has 0 unspecified atom stereocenters. The summed E-state index contributed by atoms with van der Waals surface area (Å²) in [5.74, 6) is 0. The molecule has 1 N–H and O–H groups in total. The van der Waals surface area contributed by atoms with Crippen LogP contribution in [0.25, 0.3) is 0 Å². The number of nitrogens with one attached hydrogen (secondary N) is 1. The van der Waals surface area contributed by atoms with Crippen LogP contribution in [0.5, 0.6) is 0 Å². The number of hydrogen-bond donors (Lipinski definition) is 1. The number of nitrogens with zero attached hydrogens (tertiary/aromatic N) is 3. The van der Waals surface area contributed by atoms with Gasteiger partial charge in [0.25, 0.3) is 0 Å². The SMILES string of the molecule is Br.Cc1ccc(Sc2ccccc2N2CCN(Cc3ccccc3)CC2)c(C)c1.Cc1ccc(Sc2ccccc2N2CCNCC2)c(C)c1. The Morgan fingerprint density at radius 3 is 1.46 bits per heavy atom. The van der Waals surface area contributed by atoms with Gasteiger partial charge in [-0.1, -0.05) is 114 Å². The van der Waals surface area contributed by atoms with E-state index in [1.807, 2.05) is 23.5 Å². The molecule has 0 amide bonds. The lowest BCUT2D eigenvalue weighted by molar-refractivity contribution is 0.249. The normalized spacial score (nSPS) is 14.8. The predicted octanol–water partition coefficient (Wildman–Crippen LogP) is 10.2. The van der Waals surface area contributed by atoms with Crippen LogP contribution in [-0.2, 0) is 6.54 Å². The minimum absolute atomic E-state index is 0. The minimum Gasteiger partial charge on any atom is -0.368 e. The molecule has 0 bridgehead atoms. The Hall–Kier alpha value is -3.20. The third-order valence-electron chi connectivity index (χ3n) is 9.25. The maximum absolute atomic E-state index is 3.42. The number of para-hydroxylation sites is 2. The summed E-state index contributed by atoms with van der Waals surface area (Å²) < 4.78 is 0. The topological polar surface area (TPSA) is 21.8 Å². The van der Waals surface area contributed by atoms with E-state index in [2.05, 4.69) is 163 Å². The van der Waals surface area contributed by atoms with E-state index in [1.165, 1.54) is 58.8 Å². The van der Waals surface area contributed by atoms with Gasteiger partial charge in [-0.3, -0.25) is 4.90 Å². The maximum Gasteiger partial charge on any atom is 0.0508 e. The molecule has 2 heterocycles. The van der Waals surface area contributed by atoms with Crippen molar-refractivity contribution in [3.63, 3.8) is 0 Å². The number of piperazine rings is 2. The van der Waals surface area contributed by atoms with E-state index in [-0.39, 0.29) is 17.0 Å². The summed E-state index contributed by atoms with van der Waals surface area (Å²) in [6, 6.07) is 41.8. The summed E-state index contributed by atoms with van der Waals surface area (Å²) in [5, 5.41) is 3.42. The third kappa shape index (κ3) is 10.4. The highest BCUT2D eigenvalue weighted by Gasteiger charge is 2.20. The van der Waals surface area contributed by atoms with Crippen LogP contribution < -0.4 is 15.1 Å². The molecule has 4 nitrogen and oxygen atoms in total. The Labute approximate surface area is 319 Å². The second-order valence-corrected chi connectivity index (χ2v) is 15.3. The average Bonchev–Trinajstić information content (AvgIpc) is 3.13. The van der Waals surface area contributed by atoms with Crippen LogP contribution in [0.15, 0.2) is 135 Å². The lowest BCUT2D eigenvalue weighted by atomic mass is 10.2. The number of aryl methyl sites for hydroxylation is 4. The number of anilines is 2. The van der Waals surface area contributed by atoms with E-state index in [0.29, 0.717) is 0 Å². The molecule has 0 spiro atoms. The summed E-state index contributed by atoms with van der Waals surface area (Å²) in [6.45, 7) is 18.5. The Morgan fingerprint density at radius 1 is 0.500 bits per heavy atom. The number of hydrogen-bond acceptors (Lipinski definition) is 6. The predicted molar refractivity (Wildman–Crippen MR) is 222 cm³/mol. The van der Waals surface area contributed by atoms with Crippen molar-refractivity contribution >= 4 is 51.9 Å². The summed E-state index contributed by atoms with van der Waals surface area (Å²) >= 11 is 3.77. The van der Waals surface area contributed by atoms with E-state index < -0.39 is 0 Å². The molecular weight excluding hydrogens is 717 g/mol. The van der Waals surface area contributed by atoms with Crippen LogP contribution in [-0.4, -0.2) is 57.3 Å². The van der Waals surface area contributed by atoms with Crippen molar-refractivity contribution in [2.45, 2.75) is 53.8 Å². The van der Waals surface area contributed by atoms with E-state index in [9.17, 15) is 0 Å². The molecule has 0 saturated carbocycles. The van der Waals surface area contributed by atoms with Gasteiger partial charge in [0.1, 0.15) is 0 Å². The van der Waals surface area contributed by atoms with Crippen molar-refractivity contribution in [1.82, 2.24) is 10.2 Å². The van der Waals surface area contributed by atoms with Crippen molar-refractivity contribution < 1.29 is 0 Å². The first-order chi connectivity index (χ1) is 23.9. The molecule has 7 heteroatoms. The molecule has 262 valence electrons. The van der Waals surface area contributed by atoms with Crippen LogP contribution in [0.1, 0.15) is 27.8 Å². The van der Waals surface area contributed by atoms with Gasteiger partial charge in [0.05, 0.1) is 11.4 Å². The molecule has 2 aliphatic rings. The summed E-state index contributed by atoms with van der Waals surface area (Å²) in [7, 11) is 0. The summed E-state index contributed by atoms with van der Waals surface area (Å²) in [4.78, 5) is 13.0. The minimum atomic E-state index is 0. The van der Waals surface area contributed by atoms with Crippen LogP contribution in [0, 0.1) is 27.7 Å². The zero-order valence-electron chi connectivity index (χ0n) is 29.9. The Kier molecular flexibility index (Phi) is 14.4. The smallest absolute Gasteiger partial charge is 0.0508 e. The Bertz CT molecular complexity index is 1800. The average molecular weight is 768 g/mol. The Balaban J connectivity index is 0.000000198. The van der Waals surface area contributed by atoms with E-state index in [4.69, 9.17) is 0 Å². The van der Waals surface area contributed by atoms with E-state index in [0.717, 1.165) is 58.9 Å². The van der Waals surface area contributed by atoms with E-state index >= 15 is 0 Å². The van der Waals surface area contributed by atoms with Crippen molar-refractivity contribution in [2.75, 3.05) is 62.2 Å². The fraction of sp³-hybridized carbons (Fsp3) is 0.302. The van der Waals surface area contributed by atoms with Gasteiger partial charge >= 0.3 is 0 Å². The molecule has 5 aromatic rings. The monoisotopic (exact) mass is 766 g/mol. The van der Waals surface area contributed by atoms with Gasteiger partial charge in [0, 0.05) is 78.5 Å². The highest BCUT2D eigenvalue weighted by molar-refractivity contribution is 8.93. The van der Waals surface area contributed by atoms with Gasteiger partial charge < -0.3 is 15.1 Å². The van der Waals surface area contributed by atoms with Gasteiger partial charge in [-0.05, 0) is 80.8 Å². The molecule has 0 radical (unpaired) electrons. The van der Waals surface area contributed by atoms with Gasteiger partial charge in [0.15, 0.2) is 0 Å². The number of rotatable bonds is 8. The Morgan fingerprint density at radius 2 is 0.960 bits per heavy atom. The number of halogens is 1. The maximum atomic E-state index is 3.42. The largest absolute Gasteiger partial charge is 0.368 e. The summed E-state index contributed by atoms with van der Waals surface area (Å²) in [5.41, 5.74) is 9.50. The molecule has 0 atom stereocenters. The van der Waals surface area contributed by atoms with Crippen LogP contribution >= 0.6 is 40.5 Å². The van der Waals surface area contributed by atoms with Crippen molar-refractivity contribution in [3.8, 4) is 0 Å². The molecule has 7 rings (SSSR count). The number of benzene rings is 5. The lowest BCUT2D eigenvalue weighted by Gasteiger charge is -2.37. The van der Waals surface area contributed by atoms with Crippen LogP contribution in [0.3, 0.4) is 0 Å². The third-order valence-corrected chi connectivity index (χ3v) is 11.7. The molecule has 2 saturated heterocycles. The zero-order chi connectivity index (χ0) is 34.0. The quantitative estimate of drug-likeness (QED) is 0.169. The fourth-order valence-corrected chi connectivity index (χ4v) is 8.65. The van der Waals surface area contributed by atoms with E-state index in [1.54, 1.807) is 0 Å².